The lowest BCUT2D eigenvalue weighted by Gasteiger charge is -2.28. The van der Waals surface area contributed by atoms with E-state index in [1.807, 2.05) is 0 Å². The summed E-state index contributed by atoms with van der Waals surface area (Å²) >= 11 is 0. The third-order valence-corrected chi connectivity index (χ3v) is 6.01. The maximum Gasteiger partial charge on any atom is 0.215 e. The van der Waals surface area contributed by atoms with Crippen LogP contribution in [0.25, 0.3) is 0 Å². The Balaban J connectivity index is 1.90. The molecule has 2 aliphatic rings. The van der Waals surface area contributed by atoms with Crippen LogP contribution in [0.3, 0.4) is 0 Å². The molecule has 0 aromatic heterocycles. The molecule has 0 amide bonds. The molecule has 0 aromatic rings. The molecule has 1 N–H and O–H groups in total. The Hall–Kier alpha value is -0.130. The smallest absolute Gasteiger partial charge is 0.215 e. The fourth-order valence-corrected chi connectivity index (χ4v) is 4.74. The third-order valence-electron chi connectivity index (χ3n) is 4.03. The standard InChI is InChI=1S/C13H26N2O2S/c16-18(17,12-13-8-4-5-9-14-13)15-10-6-2-1-3-7-11-15/h13-14H,1-12H2. The number of rotatable bonds is 3. The van der Waals surface area contributed by atoms with E-state index in [-0.39, 0.29) is 6.04 Å². The van der Waals surface area contributed by atoms with Crippen molar-refractivity contribution in [2.24, 2.45) is 0 Å². The van der Waals surface area contributed by atoms with Crippen LogP contribution in [-0.4, -0.2) is 44.2 Å². The summed E-state index contributed by atoms with van der Waals surface area (Å²) in [5.74, 6) is 0.299. The van der Waals surface area contributed by atoms with E-state index in [0.29, 0.717) is 5.75 Å². The van der Waals surface area contributed by atoms with Gasteiger partial charge in [-0.05, 0) is 32.2 Å². The van der Waals surface area contributed by atoms with Gasteiger partial charge < -0.3 is 5.32 Å². The Bertz CT molecular complexity index is 329. The molecule has 2 heterocycles. The van der Waals surface area contributed by atoms with Gasteiger partial charge in [-0.25, -0.2) is 12.7 Å². The van der Waals surface area contributed by atoms with Gasteiger partial charge in [0, 0.05) is 19.1 Å². The molecule has 2 fully saturated rings. The van der Waals surface area contributed by atoms with E-state index in [4.69, 9.17) is 0 Å². The van der Waals surface area contributed by atoms with E-state index in [0.717, 1.165) is 45.3 Å². The Morgan fingerprint density at radius 3 is 2.22 bits per heavy atom. The molecule has 0 spiro atoms. The quantitative estimate of drug-likeness (QED) is 0.852. The minimum Gasteiger partial charge on any atom is -0.313 e. The van der Waals surface area contributed by atoms with Crippen LogP contribution in [0.1, 0.15) is 51.4 Å². The maximum atomic E-state index is 12.4. The fourth-order valence-electron chi connectivity index (χ4n) is 2.92. The summed E-state index contributed by atoms with van der Waals surface area (Å²) in [6.07, 6.45) is 9.01. The Morgan fingerprint density at radius 2 is 1.61 bits per heavy atom. The van der Waals surface area contributed by atoms with Crippen molar-refractivity contribution >= 4 is 10.0 Å². The summed E-state index contributed by atoms with van der Waals surface area (Å²) in [6.45, 7) is 2.43. The molecule has 106 valence electrons. The first kappa shape index (κ1) is 14.3. The van der Waals surface area contributed by atoms with Crippen molar-refractivity contribution in [3.05, 3.63) is 0 Å². The molecule has 5 heteroatoms. The van der Waals surface area contributed by atoms with E-state index < -0.39 is 10.0 Å². The number of hydrogen-bond acceptors (Lipinski definition) is 3. The lowest BCUT2D eigenvalue weighted by molar-refractivity contribution is 0.355. The molecule has 2 saturated heterocycles. The number of nitrogens with one attached hydrogen (secondary N) is 1. The van der Waals surface area contributed by atoms with Crippen molar-refractivity contribution in [1.82, 2.24) is 9.62 Å². The highest BCUT2D eigenvalue weighted by Gasteiger charge is 2.26. The van der Waals surface area contributed by atoms with Gasteiger partial charge in [0.15, 0.2) is 0 Å². The average Bonchev–Trinajstić information content (AvgIpc) is 2.28. The number of piperidine rings is 1. The van der Waals surface area contributed by atoms with Gasteiger partial charge in [0.25, 0.3) is 0 Å². The van der Waals surface area contributed by atoms with Crippen LogP contribution in [0.15, 0.2) is 0 Å². The number of hydrogen-bond donors (Lipinski definition) is 1. The number of sulfonamides is 1. The van der Waals surface area contributed by atoms with E-state index in [1.165, 1.54) is 25.7 Å². The van der Waals surface area contributed by atoms with Crippen LogP contribution in [0.4, 0.5) is 0 Å². The molecule has 2 aliphatic heterocycles. The zero-order chi connectivity index (χ0) is 12.8. The van der Waals surface area contributed by atoms with Gasteiger partial charge in [-0.2, -0.15) is 0 Å². The molecular weight excluding hydrogens is 248 g/mol. The number of nitrogens with zero attached hydrogens (tertiary/aromatic N) is 1. The molecular formula is C13H26N2O2S. The largest absolute Gasteiger partial charge is 0.313 e. The predicted octanol–water partition coefficient (Wildman–Crippen LogP) is 1.72. The molecule has 2 rings (SSSR count). The second-order valence-electron chi connectivity index (χ2n) is 5.59. The van der Waals surface area contributed by atoms with Crippen LogP contribution >= 0.6 is 0 Å². The van der Waals surface area contributed by atoms with Crippen molar-refractivity contribution in [2.75, 3.05) is 25.4 Å². The molecule has 1 atom stereocenters. The van der Waals surface area contributed by atoms with E-state index in [9.17, 15) is 8.42 Å². The van der Waals surface area contributed by atoms with Crippen LogP contribution in [-0.2, 0) is 10.0 Å². The molecule has 1 unspecified atom stereocenters. The van der Waals surface area contributed by atoms with Gasteiger partial charge in [0.05, 0.1) is 5.75 Å². The topological polar surface area (TPSA) is 49.4 Å². The summed E-state index contributed by atoms with van der Waals surface area (Å²) < 4.78 is 26.5. The first-order chi connectivity index (χ1) is 8.68. The monoisotopic (exact) mass is 274 g/mol. The summed E-state index contributed by atoms with van der Waals surface area (Å²) in [4.78, 5) is 0. The molecule has 0 aliphatic carbocycles. The summed E-state index contributed by atoms with van der Waals surface area (Å²) in [5.41, 5.74) is 0. The molecule has 0 bridgehead atoms. The Morgan fingerprint density at radius 1 is 0.944 bits per heavy atom. The van der Waals surface area contributed by atoms with Gasteiger partial charge in [-0.3, -0.25) is 0 Å². The van der Waals surface area contributed by atoms with Gasteiger partial charge in [-0.15, -0.1) is 0 Å². The molecule has 0 aromatic carbocycles. The molecule has 0 radical (unpaired) electrons. The first-order valence-corrected chi connectivity index (χ1v) is 9.00. The van der Waals surface area contributed by atoms with Gasteiger partial charge >= 0.3 is 0 Å². The minimum atomic E-state index is -3.05. The lowest BCUT2D eigenvalue weighted by atomic mass is 10.1. The van der Waals surface area contributed by atoms with Crippen LogP contribution in [0, 0.1) is 0 Å². The van der Waals surface area contributed by atoms with Gasteiger partial charge in [-0.1, -0.05) is 25.7 Å². The van der Waals surface area contributed by atoms with Crippen LogP contribution in [0.5, 0.6) is 0 Å². The summed E-state index contributed by atoms with van der Waals surface area (Å²) in [5, 5.41) is 3.34. The zero-order valence-electron chi connectivity index (χ0n) is 11.2. The Labute approximate surface area is 111 Å². The maximum absolute atomic E-state index is 12.4. The van der Waals surface area contributed by atoms with Crippen molar-refractivity contribution in [3.8, 4) is 0 Å². The van der Waals surface area contributed by atoms with Crippen molar-refractivity contribution in [3.63, 3.8) is 0 Å². The predicted molar refractivity (Wildman–Crippen MR) is 74.1 cm³/mol. The second-order valence-corrected chi connectivity index (χ2v) is 7.61. The van der Waals surface area contributed by atoms with E-state index >= 15 is 0 Å². The normalized spacial score (nSPS) is 28.6. The van der Waals surface area contributed by atoms with E-state index in [2.05, 4.69) is 5.32 Å². The first-order valence-electron chi connectivity index (χ1n) is 7.40. The molecule has 18 heavy (non-hydrogen) atoms. The highest BCUT2D eigenvalue weighted by Crippen LogP contribution is 2.16. The van der Waals surface area contributed by atoms with E-state index in [1.54, 1.807) is 4.31 Å². The van der Waals surface area contributed by atoms with Crippen molar-refractivity contribution in [2.45, 2.75) is 57.4 Å². The van der Waals surface area contributed by atoms with Crippen LogP contribution in [0.2, 0.25) is 0 Å². The highest BCUT2D eigenvalue weighted by atomic mass is 32.2. The van der Waals surface area contributed by atoms with Crippen molar-refractivity contribution < 1.29 is 8.42 Å². The molecule has 4 nitrogen and oxygen atoms in total. The molecule has 0 saturated carbocycles. The zero-order valence-corrected chi connectivity index (χ0v) is 12.1. The minimum absolute atomic E-state index is 0.175. The van der Waals surface area contributed by atoms with Crippen molar-refractivity contribution in [1.29, 1.82) is 0 Å². The van der Waals surface area contributed by atoms with Gasteiger partial charge in [0.1, 0.15) is 0 Å². The SMILES string of the molecule is O=S(=O)(CC1CCCCN1)N1CCCCCCC1. The fraction of sp³-hybridized carbons (Fsp3) is 1.00. The second kappa shape index (κ2) is 6.87. The average molecular weight is 274 g/mol. The lowest BCUT2D eigenvalue weighted by Crippen LogP contribution is -2.44. The summed E-state index contributed by atoms with van der Waals surface area (Å²) in [6, 6.07) is 0.175. The Kier molecular flexibility index (Phi) is 5.45. The third kappa shape index (κ3) is 4.21. The van der Waals surface area contributed by atoms with Gasteiger partial charge in [0.2, 0.25) is 10.0 Å². The summed E-state index contributed by atoms with van der Waals surface area (Å²) in [7, 11) is -3.05. The highest BCUT2D eigenvalue weighted by molar-refractivity contribution is 7.89. The van der Waals surface area contributed by atoms with Crippen LogP contribution < -0.4 is 5.32 Å².